The van der Waals surface area contributed by atoms with Gasteiger partial charge >= 0.3 is 0 Å². The molecule has 0 amide bonds. The first-order valence-corrected chi connectivity index (χ1v) is 10.1. The molecular weight excluding hydrogens is 388 g/mol. The number of benzene rings is 1. The Bertz CT molecular complexity index is 648. The van der Waals surface area contributed by atoms with Crippen LogP contribution >= 0.6 is 36.6 Å². The van der Waals surface area contributed by atoms with Crippen molar-refractivity contribution >= 4 is 47.4 Å². The van der Waals surface area contributed by atoms with Crippen LogP contribution < -0.4 is 16.4 Å². The summed E-state index contributed by atoms with van der Waals surface area (Å²) < 4.78 is 0. The van der Waals surface area contributed by atoms with Crippen LogP contribution in [0.4, 0.5) is 5.69 Å². The third kappa shape index (κ3) is 8.59. The van der Waals surface area contributed by atoms with Gasteiger partial charge in [-0.25, -0.2) is 0 Å². The van der Waals surface area contributed by atoms with Crippen molar-refractivity contribution in [3.63, 3.8) is 0 Å². The second-order valence-corrected chi connectivity index (χ2v) is 7.10. The fraction of sp³-hybridized carbons (Fsp3) is 0.353. The number of nitro groups is 1. The number of hydrogen-bond acceptors (Lipinski definition) is 6. The maximum atomic E-state index is 10.8. The van der Waals surface area contributed by atoms with Crippen LogP contribution in [-0.2, 0) is 6.42 Å². The first-order chi connectivity index (χ1) is 12.5. The van der Waals surface area contributed by atoms with Crippen LogP contribution in [0.2, 0.25) is 0 Å². The van der Waals surface area contributed by atoms with E-state index in [0.29, 0.717) is 17.2 Å². The van der Waals surface area contributed by atoms with Crippen LogP contribution in [0.15, 0.2) is 47.5 Å². The van der Waals surface area contributed by atoms with Crippen molar-refractivity contribution in [1.82, 2.24) is 10.6 Å². The third-order valence-electron chi connectivity index (χ3n) is 3.40. The number of thiocarbonyl (C=S) groups is 1. The third-order valence-corrected chi connectivity index (χ3v) is 4.80. The standard InChI is InChI=1S/C17H24N4O2S3/c1-19-17(25)20-16(15(18)12-26-10-4-2-3-9-24)11-13-5-7-14(8-6-13)21(22)23/h2,4-8,12,16,24H,3,9-11,18H2,1H3,(H2,19,20,25)/b4-2+,15-12-/t16-/m0/s1. The van der Waals surface area contributed by atoms with E-state index < -0.39 is 4.92 Å². The predicted molar refractivity (Wildman–Crippen MR) is 118 cm³/mol. The highest BCUT2D eigenvalue weighted by molar-refractivity contribution is 8.02. The molecule has 0 unspecified atom stereocenters. The van der Waals surface area contributed by atoms with Gasteiger partial charge in [-0.1, -0.05) is 24.3 Å². The summed E-state index contributed by atoms with van der Waals surface area (Å²) in [5.74, 6) is 1.66. The summed E-state index contributed by atoms with van der Waals surface area (Å²) in [6, 6.07) is 6.24. The molecule has 0 saturated heterocycles. The number of nitro benzene ring substituents is 1. The van der Waals surface area contributed by atoms with Crippen LogP contribution in [-0.4, -0.2) is 34.6 Å². The van der Waals surface area contributed by atoms with Gasteiger partial charge < -0.3 is 16.4 Å². The van der Waals surface area contributed by atoms with E-state index in [4.69, 9.17) is 18.0 Å². The molecule has 0 aromatic heterocycles. The van der Waals surface area contributed by atoms with Gasteiger partial charge in [0, 0.05) is 30.6 Å². The summed E-state index contributed by atoms with van der Waals surface area (Å²) in [5.41, 5.74) is 7.89. The normalized spacial score (nSPS) is 12.8. The van der Waals surface area contributed by atoms with Gasteiger partial charge in [-0.2, -0.15) is 12.6 Å². The number of rotatable bonds is 10. The van der Waals surface area contributed by atoms with Crippen LogP contribution in [0.25, 0.3) is 0 Å². The number of hydrogen-bond donors (Lipinski definition) is 4. The first-order valence-electron chi connectivity index (χ1n) is 8.02. The molecule has 1 atom stereocenters. The van der Waals surface area contributed by atoms with Gasteiger partial charge in [-0.05, 0) is 41.8 Å². The molecule has 0 saturated carbocycles. The SMILES string of the molecule is CNC(=S)N[C@@H](Cc1ccc([N+](=O)[O-])cc1)/C(N)=C/SC/C=C/CCS. The highest BCUT2D eigenvalue weighted by atomic mass is 32.2. The van der Waals surface area contributed by atoms with Crippen molar-refractivity contribution in [2.75, 3.05) is 18.6 Å². The van der Waals surface area contributed by atoms with Crippen molar-refractivity contribution in [2.45, 2.75) is 18.9 Å². The zero-order valence-electron chi connectivity index (χ0n) is 14.6. The van der Waals surface area contributed by atoms with Crippen molar-refractivity contribution < 1.29 is 4.92 Å². The molecule has 0 fully saturated rings. The Morgan fingerprint density at radius 1 is 1.42 bits per heavy atom. The predicted octanol–water partition coefficient (Wildman–Crippen LogP) is 3.01. The van der Waals surface area contributed by atoms with Crippen LogP contribution in [0, 0.1) is 10.1 Å². The van der Waals surface area contributed by atoms with Crippen molar-refractivity contribution in [1.29, 1.82) is 0 Å². The van der Waals surface area contributed by atoms with Gasteiger partial charge in [0.2, 0.25) is 0 Å². The largest absolute Gasteiger partial charge is 0.400 e. The molecule has 0 aliphatic rings. The Hall–Kier alpha value is -1.71. The number of thiol groups is 1. The van der Waals surface area contributed by atoms with E-state index in [9.17, 15) is 10.1 Å². The Kier molecular flexibility index (Phi) is 10.8. The summed E-state index contributed by atoms with van der Waals surface area (Å²) in [6.07, 6.45) is 5.69. The maximum Gasteiger partial charge on any atom is 0.269 e. The molecular formula is C17H24N4O2S3. The Morgan fingerprint density at radius 2 is 2.12 bits per heavy atom. The number of non-ortho nitro benzene ring substituents is 1. The molecule has 4 N–H and O–H groups in total. The van der Waals surface area contributed by atoms with Gasteiger partial charge in [0.1, 0.15) is 0 Å². The summed E-state index contributed by atoms with van der Waals surface area (Å²) in [5, 5.41) is 19.2. The lowest BCUT2D eigenvalue weighted by Crippen LogP contribution is -2.44. The molecule has 26 heavy (non-hydrogen) atoms. The highest BCUT2D eigenvalue weighted by Crippen LogP contribution is 2.16. The van der Waals surface area contributed by atoms with Crippen molar-refractivity contribution in [2.24, 2.45) is 5.73 Å². The van der Waals surface area contributed by atoms with Crippen molar-refractivity contribution in [3.05, 3.63) is 63.2 Å². The molecule has 1 aromatic rings. The minimum atomic E-state index is -0.415. The highest BCUT2D eigenvalue weighted by Gasteiger charge is 2.14. The number of allylic oxidation sites excluding steroid dienone is 1. The Morgan fingerprint density at radius 3 is 2.69 bits per heavy atom. The summed E-state index contributed by atoms with van der Waals surface area (Å²) in [4.78, 5) is 10.4. The van der Waals surface area contributed by atoms with Gasteiger partial charge in [0.15, 0.2) is 5.11 Å². The number of thioether (sulfide) groups is 1. The molecule has 0 radical (unpaired) electrons. The summed E-state index contributed by atoms with van der Waals surface area (Å²) >= 11 is 10.9. The van der Waals surface area contributed by atoms with E-state index >= 15 is 0 Å². The molecule has 142 valence electrons. The van der Waals surface area contributed by atoms with Gasteiger partial charge in [-0.15, -0.1) is 11.8 Å². The number of nitrogens with two attached hydrogens (primary N) is 1. The average Bonchev–Trinajstić information content (AvgIpc) is 2.64. The average molecular weight is 413 g/mol. The first kappa shape index (κ1) is 22.3. The molecule has 1 rings (SSSR count). The molecule has 0 heterocycles. The lowest BCUT2D eigenvalue weighted by atomic mass is 10.0. The fourth-order valence-electron chi connectivity index (χ4n) is 2.01. The molecule has 6 nitrogen and oxygen atoms in total. The van der Waals surface area contributed by atoms with E-state index in [2.05, 4.69) is 35.4 Å². The number of nitrogens with zero attached hydrogens (tertiary/aromatic N) is 1. The minimum absolute atomic E-state index is 0.0658. The molecule has 1 aromatic carbocycles. The van der Waals surface area contributed by atoms with E-state index in [1.807, 2.05) is 5.41 Å². The maximum absolute atomic E-state index is 10.8. The van der Waals surface area contributed by atoms with E-state index in [1.54, 1.807) is 30.9 Å². The van der Waals surface area contributed by atoms with Gasteiger partial charge in [0.25, 0.3) is 5.69 Å². The van der Waals surface area contributed by atoms with E-state index in [-0.39, 0.29) is 11.7 Å². The monoisotopic (exact) mass is 412 g/mol. The summed E-state index contributed by atoms with van der Waals surface area (Å²) in [6.45, 7) is 0. The molecule has 0 spiro atoms. The van der Waals surface area contributed by atoms with E-state index in [0.717, 1.165) is 23.5 Å². The Labute approximate surface area is 169 Å². The molecule has 0 aliphatic heterocycles. The van der Waals surface area contributed by atoms with Crippen LogP contribution in [0.3, 0.4) is 0 Å². The fourth-order valence-corrected chi connectivity index (χ4v) is 3.01. The van der Waals surface area contributed by atoms with Gasteiger partial charge in [-0.3, -0.25) is 10.1 Å². The number of nitrogens with one attached hydrogen (secondary N) is 2. The zero-order valence-corrected chi connectivity index (χ0v) is 17.1. The lowest BCUT2D eigenvalue weighted by Gasteiger charge is -2.21. The molecule has 0 bridgehead atoms. The second-order valence-electron chi connectivity index (χ2n) is 5.34. The molecule has 0 aliphatic carbocycles. The Balaban J connectivity index is 2.76. The van der Waals surface area contributed by atoms with Crippen molar-refractivity contribution in [3.8, 4) is 0 Å². The topological polar surface area (TPSA) is 93.2 Å². The molecule has 9 heteroatoms. The van der Waals surface area contributed by atoms with Crippen LogP contribution in [0.1, 0.15) is 12.0 Å². The van der Waals surface area contributed by atoms with Gasteiger partial charge in [0.05, 0.1) is 11.0 Å². The zero-order chi connectivity index (χ0) is 19.4. The van der Waals surface area contributed by atoms with E-state index in [1.165, 1.54) is 12.1 Å². The summed E-state index contributed by atoms with van der Waals surface area (Å²) in [7, 11) is 1.74. The second kappa shape index (κ2) is 12.6. The lowest BCUT2D eigenvalue weighted by molar-refractivity contribution is -0.384. The minimum Gasteiger partial charge on any atom is -0.400 e. The van der Waals surface area contributed by atoms with Crippen LogP contribution in [0.5, 0.6) is 0 Å². The smallest absolute Gasteiger partial charge is 0.269 e. The quantitative estimate of drug-likeness (QED) is 0.117.